The van der Waals surface area contributed by atoms with E-state index in [2.05, 4.69) is 15.2 Å². The number of fused-ring (bicyclic) bond motifs is 1. The molecule has 6 nitrogen and oxygen atoms in total. The van der Waals surface area contributed by atoms with Crippen LogP contribution in [0.4, 0.5) is 0 Å². The largest absolute Gasteiger partial charge is 0.278 e. The molecule has 1 unspecified atom stereocenters. The van der Waals surface area contributed by atoms with Gasteiger partial charge < -0.3 is 0 Å². The van der Waals surface area contributed by atoms with Crippen molar-refractivity contribution < 1.29 is 8.42 Å². The molecule has 0 amide bonds. The Morgan fingerprint density at radius 1 is 1.28 bits per heavy atom. The predicted octanol–water partition coefficient (Wildman–Crippen LogP) is 1.50. The van der Waals surface area contributed by atoms with Gasteiger partial charge in [-0.2, -0.15) is 0 Å². The number of aryl methyl sites for hydroxylation is 2. The van der Waals surface area contributed by atoms with E-state index in [1.165, 1.54) is 6.26 Å². The fourth-order valence-electron chi connectivity index (χ4n) is 1.66. The second-order valence-electron chi connectivity index (χ2n) is 4.26. The first kappa shape index (κ1) is 13.2. The molecule has 0 aliphatic carbocycles. The molecule has 2 heterocycles. The minimum Gasteiger partial charge on any atom is -0.278 e. The van der Waals surface area contributed by atoms with Crippen molar-refractivity contribution in [2.24, 2.45) is 0 Å². The zero-order valence-electron chi connectivity index (χ0n) is 10.5. The second kappa shape index (κ2) is 4.17. The number of nitrogens with zero attached hydrogens (tertiary/aromatic N) is 4. The second-order valence-corrected chi connectivity index (χ2v) is 6.99. The zero-order chi connectivity index (χ0) is 13.7. The molecule has 0 N–H and O–H groups in total. The molecule has 0 bridgehead atoms. The van der Waals surface area contributed by atoms with Crippen LogP contribution in [0.3, 0.4) is 0 Å². The van der Waals surface area contributed by atoms with Gasteiger partial charge in [0.05, 0.1) is 5.69 Å². The van der Waals surface area contributed by atoms with Crippen LogP contribution in [0.5, 0.6) is 0 Å². The van der Waals surface area contributed by atoms with E-state index in [4.69, 9.17) is 11.6 Å². The highest BCUT2D eigenvalue weighted by atomic mass is 35.5. The molecule has 0 spiro atoms. The average molecular weight is 289 g/mol. The molecule has 0 radical (unpaired) electrons. The summed E-state index contributed by atoms with van der Waals surface area (Å²) in [5, 5.41) is 7.32. The van der Waals surface area contributed by atoms with Gasteiger partial charge in [-0.3, -0.25) is 4.40 Å². The quantitative estimate of drug-likeness (QED) is 0.837. The standard InChI is InChI=1S/C10H13ClN4O2S/c1-5-6(2)15-9(7(3)18(4,16)17)13-14-10(15)8(11)12-5/h7H,1-4H3. The lowest BCUT2D eigenvalue weighted by atomic mass is 10.3. The van der Waals surface area contributed by atoms with Gasteiger partial charge in [0, 0.05) is 11.9 Å². The average Bonchev–Trinajstić information content (AvgIpc) is 2.68. The van der Waals surface area contributed by atoms with E-state index in [9.17, 15) is 8.42 Å². The van der Waals surface area contributed by atoms with Gasteiger partial charge >= 0.3 is 0 Å². The van der Waals surface area contributed by atoms with E-state index in [1.807, 2.05) is 6.92 Å². The summed E-state index contributed by atoms with van der Waals surface area (Å²) in [5.74, 6) is 0.359. The summed E-state index contributed by atoms with van der Waals surface area (Å²) in [5.41, 5.74) is 1.88. The van der Waals surface area contributed by atoms with Crippen molar-refractivity contribution in [2.75, 3.05) is 6.26 Å². The van der Waals surface area contributed by atoms with Gasteiger partial charge in [-0.25, -0.2) is 13.4 Å². The van der Waals surface area contributed by atoms with Crippen LogP contribution in [0, 0.1) is 13.8 Å². The molecule has 0 aliphatic rings. The highest BCUT2D eigenvalue weighted by Gasteiger charge is 2.25. The first-order valence-corrected chi connectivity index (χ1v) is 7.63. The Bertz CT molecular complexity index is 723. The summed E-state index contributed by atoms with van der Waals surface area (Å²) in [6.07, 6.45) is 1.17. The Hall–Kier alpha value is -1.21. The number of aromatic nitrogens is 4. The van der Waals surface area contributed by atoms with Gasteiger partial charge in [-0.1, -0.05) is 11.6 Å². The van der Waals surface area contributed by atoms with Crippen LogP contribution in [0.25, 0.3) is 5.65 Å². The summed E-state index contributed by atoms with van der Waals surface area (Å²) < 4.78 is 24.9. The van der Waals surface area contributed by atoms with E-state index in [-0.39, 0.29) is 5.15 Å². The van der Waals surface area contributed by atoms with Crippen molar-refractivity contribution in [1.29, 1.82) is 0 Å². The topological polar surface area (TPSA) is 77.2 Å². The van der Waals surface area contributed by atoms with E-state index in [0.717, 1.165) is 5.69 Å². The number of sulfone groups is 1. The minimum absolute atomic E-state index is 0.220. The summed E-state index contributed by atoms with van der Waals surface area (Å²) in [6, 6.07) is 0. The molecular formula is C10H13ClN4O2S. The molecule has 18 heavy (non-hydrogen) atoms. The Morgan fingerprint density at radius 2 is 1.89 bits per heavy atom. The van der Waals surface area contributed by atoms with Crippen LogP contribution in [0.2, 0.25) is 5.15 Å². The fraction of sp³-hybridized carbons (Fsp3) is 0.500. The van der Waals surface area contributed by atoms with E-state index in [1.54, 1.807) is 18.2 Å². The maximum absolute atomic E-state index is 11.6. The highest BCUT2D eigenvalue weighted by molar-refractivity contribution is 7.90. The van der Waals surface area contributed by atoms with Crippen LogP contribution in [-0.2, 0) is 9.84 Å². The third-order valence-electron chi connectivity index (χ3n) is 3.00. The van der Waals surface area contributed by atoms with Crippen molar-refractivity contribution in [3.8, 4) is 0 Å². The Labute approximate surface area is 110 Å². The number of rotatable bonds is 2. The van der Waals surface area contributed by atoms with Crippen molar-refractivity contribution in [1.82, 2.24) is 19.6 Å². The van der Waals surface area contributed by atoms with E-state index >= 15 is 0 Å². The van der Waals surface area contributed by atoms with Gasteiger partial charge in [0.15, 0.2) is 26.5 Å². The molecule has 0 aliphatic heterocycles. The summed E-state index contributed by atoms with van der Waals surface area (Å²) in [4.78, 5) is 4.13. The van der Waals surface area contributed by atoms with Gasteiger partial charge in [0.1, 0.15) is 5.25 Å². The molecule has 2 aromatic heterocycles. The van der Waals surface area contributed by atoms with Crippen LogP contribution in [-0.4, -0.2) is 34.3 Å². The molecular weight excluding hydrogens is 276 g/mol. The maximum atomic E-state index is 11.6. The Kier molecular flexibility index (Phi) is 3.06. The molecule has 0 aromatic carbocycles. The predicted molar refractivity (Wildman–Crippen MR) is 68.5 cm³/mol. The molecule has 2 aromatic rings. The molecule has 1 atom stereocenters. The van der Waals surface area contributed by atoms with Crippen LogP contribution >= 0.6 is 11.6 Å². The fourth-order valence-corrected chi connectivity index (χ4v) is 2.44. The zero-order valence-corrected chi connectivity index (χ0v) is 12.0. The minimum atomic E-state index is -3.25. The van der Waals surface area contributed by atoms with Crippen LogP contribution in [0.15, 0.2) is 0 Å². The van der Waals surface area contributed by atoms with E-state index in [0.29, 0.717) is 17.2 Å². The SMILES string of the molecule is Cc1nc(Cl)c2nnc(C(C)S(C)(=O)=O)n2c1C. The lowest BCUT2D eigenvalue weighted by molar-refractivity contribution is 0.588. The molecule has 0 saturated carbocycles. The monoisotopic (exact) mass is 288 g/mol. The first-order valence-electron chi connectivity index (χ1n) is 5.30. The normalized spacial score (nSPS) is 14.1. The van der Waals surface area contributed by atoms with Gasteiger partial charge in [0.25, 0.3) is 0 Å². The lowest BCUT2D eigenvalue weighted by Gasteiger charge is -2.10. The summed E-state index contributed by atoms with van der Waals surface area (Å²) in [6.45, 7) is 5.21. The number of hydrogen-bond donors (Lipinski definition) is 0. The van der Waals surface area contributed by atoms with Gasteiger partial charge in [-0.05, 0) is 20.8 Å². The summed E-state index contributed by atoms with van der Waals surface area (Å²) >= 11 is 5.98. The van der Waals surface area contributed by atoms with Crippen molar-refractivity contribution in [3.63, 3.8) is 0 Å². The third-order valence-corrected chi connectivity index (χ3v) is 4.75. The first-order chi connectivity index (χ1) is 8.23. The molecule has 8 heteroatoms. The van der Waals surface area contributed by atoms with E-state index < -0.39 is 15.1 Å². The van der Waals surface area contributed by atoms with Crippen LogP contribution < -0.4 is 0 Å². The smallest absolute Gasteiger partial charge is 0.198 e. The number of hydrogen-bond acceptors (Lipinski definition) is 5. The Morgan fingerprint density at radius 3 is 2.44 bits per heavy atom. The van der Waals surface area contributed by atoms with Crippen molar-refractivity contribution in [2.45, 2.75) is 26.0 Å². The third kappa shape index (κ3) is 1.97. The number of halogens is 1. The van der Waals surface area contributed by atoms with Crippen molar-refractivity contribution >= 4 is 27.1 Å². The molecule has 2 rings (SSSR count). The lowest BCUT2D eigenvalue weighted by Crippen LogP contribution is -2.13. The van der Waals surface area contributed by atoms with Crippen molar-refractivity contribution in [3.05, 3.63) is 22.4 Å². The Balaban J connectivity index is 2.83. The molecule has 0 fully saturated rings. The maximum Gasteiger partial charge on any atom is 0.198 e. The highest BCUT2D eigenvalue weighted by Crippen LogP contribution is 2.24. The van der Waals surface area contributed by atoms with Gasteiger partial charge in [-0.15, -0.1) is 10.2 Å². The summed E-state index contributed by atoms with van der Waals surface area (Å²) in [7, 11) is -3.25. The van der Waals surface area contributed by atoms with Gasteiger partial charge in [0.2, 0.25) is 0 Å². The molecule has 98 valence electrons. The molecule has 0 saturated heterocycles. The van der Waals surface area contributed by atoms with Crippen LogP contribution in [0.1, 0.15) is 29.4 Å².